The molecular formula is H7CaCl2O6P. The van der Waals surface area contributed by atoms with Crippen LogP contribution in [0.3, 0.4) is 0 Å². The molecule has 0 aliphatic heterocycles. The third-order valence-corrected chi connectivity index (χ3v) is 0. The van der Waals surface area contributed by atoms with Crippen molar-refractivity contribution in [2.24, 2.45) is 0 Å². The van der Waals surface area contributed by atoms with Gasteiger partial charge in [-0.15, -0.1) is 0 Å². The molecule has 0 aromatic carbocycles. The molecule has 64 valence electrons. The van der Waals surface area contributed by atoms with Gasteiger partial charge in [0.25, 0.3) is 0 Å². The van der Waals surface area contributed by atoms with Crippen molar-refractivity contribution in [3.05, 3.63) is 0 Å². The Balaban J connectivity index is -0.0000000315. The molecule has 6 nitrogen and oxygen atoms in total. The molecule has 5 N–H and O–H groups in total. The van der Waals surface area contributed by atoms with Crippen LogP contribution in [-0.2, 0) is 4.57 Å². The van der Waals surface area contributed by atoms with E-state index in [2.05, 4.69) is 23.7 Å². The second-order valence-electron chi connectivity index (χ2n) is 0.513. The maximum absolute atomic E-state index is 8.88. The Morgan fingerprint density at radius 3 is 0.900 bits per heavy atom. The zero-order valence-electron chi connectivity index (χ0n) is 3.85. The minimum absolute atomic E-state index is 0. The Hall–Kier alpha value is 1.87. The summed E-state index contributed by atoms with van der Waals surface area (Å²) >= 11 is 7.28. The average molecular weight is 245 g/mol. The first-order valence-electron chi connectivity index (χ1n) is 1.12. The fraction of sp³-hybridized carbons (Fsp3) is 0. The molecule has 10 heteroatoms. The second kappa shape index (κ2) is 17.1. The molecule has 0 aliphatic carbocycles. The van der Waals surface area contributed by atoms with E-state index in [0.29, 0.717) is 0 Å². The molecule has 0 aliphatic rings. The molecule has 0 saturated carbocycles. The van der Waals surface area contributed by atoms with E-state index >= 15 is 0 Å². The van der Waals surface area contributed by atoms with Gasteiger partial charge in [0.2, 0.25) is 0 Å². The number of rotatable bonds is 0. The van der Waals surface area contributed by atoms with Crippen LogP contribution in [0.25, 0.3) is 0 Å². The summed E-state index contributed by atoms with van der Waals surface area (Å²) in [6.07, 6.45) is 0. The molecule has 0 unspecified atom stereocenters. The third kappa shape index (κ3) is 222. The summed E-state index contributed by atoms with van der Waals surface area (Å²) < 4.78 is 21.8. The maximum atomic E-state index is 8.88. The van der Waals surface area contributed by atoms with Gasteiger partial charge in [-0.1, -0.05) is 0 Å². The van der Waals surface area contributed by atoms with Gasteiger partial charge >= 0.3 is 45.6 Å². The van der Waals surface area contributed by atoms with Crippen LogP contribution in [0.1, 0.15) is 0 Å². The molecule has 0 atom stereocenters. The van der Waals surface area contributed by atoms with Crippen LogP contribution in [0.5, 0.6) is 0 Å². The first-order chi connectivity index (χ1) is 4.00. The van der Waals surface area contributed by atoms with Gasteiger partial charge in [-0.25, -0.2) is 4.57 Å². The normalized spacial score (nSPS) is 7.10. The molecule has 0 aromatic heterocycles. The van der Waals surface area contributed by atoms with Crippen LogP contribution in [0, 0.1) is 0 Å². The molecule has 10 heavy (non-hydrogen) atoms. The summed E-state index contributed by atoms with van der Waals surface area (Å²) in [4.78, 5) is 21.6. The van der Waals surface area contributed by atoms with Crippen LogP contribution in [0.4, 0.5) is 0 Å². The van der Waals surface area contributed by atoms with E-state index in [1.54, 1.807) is 0 Å². The van der Waals surface area contributed by atoms with Crippen LogP contribution in [0.2, 0.25) is 0 Å². The SMILES string of the molecule is O=P(O)(O)O.OCl.OCl.[CaH2]. The van der Waals surface area contributed by atoms with Gasteiger partial charge in [0, 0.05) is 0 Å². The van der Waals surface area contributed by atoms with E-state index < -0.39 is 7.82 Å². The van der Waals surface area contributed by atoms with Crippen molar-refractivity contribution in [3.8, 4) is 0 Å². The predicted octanol–water partition coefficient (Wildman–Crippen LogP) is -1.58. The summed E-state index contributed by atoms with van der Waals surface area (Å²) in [6.45, 7) is 0. The number of hydrogen-bond acceptors (Lipinski definition) is 3. The number of hydrogen-bond donors (Lipinski definition) is 5. The van der Waals surface area contributed by atoms with Crippen LogP contribution in [-0.4, -0.2) is 61.7 Å². The van der Waals surface area contributed by atoms with Gasteiger partial charge in [0.1, 0.15) is 0 Å². The Kier molecular flexibility index (Phi) is 38.7. The van der Waals surface area contributed by atoms with Crippen molar-refractivity contribution in [2.75, 3.05) is 0 Å². The first-order valence-corrected chi connectivity index (χ1v) is 3.36. The standard InChI is InChI=1S/Ca.2ClHO.H3O4P.2H/c;2*1-2;1-5(2,3)4;;/h;2*2H;(H3,1,2,3,4);;. The van der Waals surface area contributed by atoms with Crippen LogP contribution < -0.4 is 0 Å². The van der Waals surface area contributed by atoms with E-state index in [0.717, 1.165) is 0 Å². The van der Waals surface area contributed by atoms with Crippen molar-refractivity contribution >= 4 is 69.3 Å². The summed E-state index contributed by atoms with van der Waals surface area (Å²) in [6, 6.07) is 0. The summed E-state index contributed by atoms with van der Waals surface area (Å²) in [7, 11) is -4.64. The van der Waals surface area contributed by atoms with Crippen LogP contribution >= 0.6 is 31.6 Å². The minimum atomic E-state index is -4.64. The quantitative estimate of drug-likeness (QED) is 0.259. The molecule has 0 saturated heterocycles. The number of phosphoric acid groups is 1. The Bertz CT molecular complexity index is 61.9. The molecule has 0 fully saturated rings. The van der Waals surface area contributed by atoms with Gasteiger partial charge in [-0.05, 0) is 0 Å². The molecule has 0 aromatic rings. The van der Waals surface area contributed by atoms with E-state index in [4.69, 9.17) is 28.6 Å². The zero-order chi connectivity index (χ0) is 8.50. The molecule has 0 rings (SSSR count). The summed E-state index contributed by atoms with van der Waals surface area (Å²) in [5, 5.41) is 0. The van der Waals surface area contributed by atoms with E-state index in [9.17, 15) is 0 Å². The fourth-order valence-electron chi connectivity index (χ4n) is 0. The van der Waals surface area contributed by atoms with E-state index in [1.807, 2.05) is 0 Å². The topological polar surface area (TPSA) is 118 Å². The van der Waals surface area contributed by atoms with Gasteiger partial charge in [0.05, 0.1) is 23.7 Å². The van der Waals surface area contributed by atoms with Crippen molar-refractivity contribution in [1.82, 2.24) is 0 Å². The molecule has 0 spiro atoms. The van der Waals surface area contributed by atoms with Gasteiger partial charge in [0.15, 0.2) is 0 Å². The van der Waals surface area contributed by atoms with Crippen molar-refractivity contribution in [3.63, 3.8) is 0 Å². The van der Waals surface area contributed by atoms with Gasteiger partial charge < -0.3 is 14.7 Å². The fourth-order valence-corrected chi connectivity index (χ4v) is 0. The summed E-state index contributed by atoms with van der Waals surface area (Å²) in [5.74, 6) is 0. The molecule has 0 bridgehead atoms. The molecule has 0 amide bonds. The molecule has 0 heterocycles. The Morgan fingerprint density at radius 1 is 0.900 bits per heavy atom. The molecular weight excluding hydrogens is 238 g/mol. The number of halogens is 2. The predicted molar refractivity (Wildman–Crippen MR) is 39.0 cm³/mol. The third-order valence-electron chi connectivity index (χ3n) is 0. The second-order valence-corrected chi connectivity index (χ2v) is 1.54. The average Bonchev–Trinajstić information content (AvgIpc) is 1.72. The van der Waals surface area contributed by atoms with Crippen molar-refractivity contribution in [1.29, 1.82) is 0 Å². The first kappa shape index (κ1) is 22.6. The van der Waals surface area contributed by atoms with E-state index in [-0.39, 0.29) is 37.7 Å². The van der Waals surface area contributed by atoms with Crippen LogP contribution in [0.15, 0.2) is 0 Å². The van der Waals surface area contributed by atoms with E-state index in [1.165, 1.54) is 0 Å². The zero-order valence-corrected chi connectivity index (χ0v) is 6.25. The van der Waals surface area contributed by atoms with Gasteiger partial charge in [-0.3, -0.25) is 9.32 Å². The van der Waals surface area contributed by atoms with Crippen molar-refractivity contribution < 1.29 is 28.6 Å². The van der Waals surface area contributed by atoms with Gasteiger partial charge in [-0.2, -0.15) is 0 Å². The Morgan fingerprint density at radius 2 is 0.900 bits per heavy atom. The monoisotopic (exact) mass is 244 g/mol. The summed E-state index contributed by atoms with van der Waals surface area (Å²) in [5.41, 5.74) is 0. The molecule has 0 radical (unpaired) electrons. The van der Waals surface area contributed by atoms with Crippen molar-refractivity contribution in [2.45, 2.75) is 0 Å². The Labute approximate surface area is 97.0 Å².